The van der Waals surface area contributed by atoms with Gasteiger partial charge in [-0.15, -0.1) is 0 Å². The summed E-state index contributed by atoms with van der Waals surface area (Å²) in [6, 6.07) is 3.29. The largest absolute Gasteiger partial charge is 0.301 e. The number of hydrogen-bond donors (Lipinski definition) is 1. The summed E-state index contributed by atoms with van der Waals surface area (Å²) in [4.78, 5) is 20.0. The number of allylic oxidation sites excluding steroid dienone is 1. The molecule has 1 rings (SSSR count). The van der Waals surface area contributed by atoms with Crippen molar-refractivity contribution in [2.45, 2.75) is 13.8 Å². The van der Waals surface area contributed by atoms with Gasteiger partial charge in [0, 0.05) is 6.07 Å². The van der Waals surface area contributed by atoms with Crippen LogP contribution in [0.3, 0.4) is 0 Å². The minimum absolute atomic E-state index is 0.0798. The summed E-state index contributed by atoms with van der Waals surface area (Å²) in [6.45, 7) is 7.10. The van der Waals surface area contributed by atoms with Gasteiger partial charge >= 0.3 is 5.69 Å². The lowest BCUT2D eigenvalue weighted by Crippen LogP contribution is -2.01. The number of non-ortho nitro benzene ring substituents is 1. The highest BCUT2D eigenvalue weighted by atomic mass is 16.6. The molecule has 19 heavy (non-hydrogen) atoms. The lowest BCUT2D eigenvalue weighted by molar-refractivity contribution is -0.393. The van der Waals surface area contributed by atoms with Crippen molar-refractivity contribution in [3.05, 3.63) is 50.6 Å². The standard InChI is InChI=1S/C11H12N4O4/c1-7(2)8(3)12-13-10-5-4-9(14(16)17)6-11(10)15(18)19/h4-6,13H,1H2,2-3H3. The summed E-state index contributed by atoms with van der Waals surface area (Å²) >= 11 is 0. The first kappa shape index (κ1) is 14.3. The molecule has 0 aliphatic rings. The smallest absolute Gasteiger partial charge is 0.271 e. The Labute approximate surface area is 108 Å². The summed E-state index contributed by atoms with van der Waals surface area (Å²) < 4.78 is 0. The van der Waals surface area contributed by atoms with Crippen LogP contribution in [0.5, 0.6) is 0 Å². The molecule has 0 saturated carbocycles. The fourth-order valence-electron chi connectivity index (χ4n) is 1.12. The van der Waals surface area contributed by atoms with Crippen LogP contribution in [0.1, 0.15) is 13.8 Å². The Hall–Kier alpha value is -2.77. The molecule has 0 aliphatic carbocycles. The molecule has 0 saturated heterocycles. The lowest BCUT2D eigenvalue weighted by Gasteiger charge is -2.03. The second-order valence-electron chi connectivity index (χ2n) is 3.81. The molecule has 8 heteroatoms. The molecule has 0 aromatic heterocycles. The average molecular weight is 264 g/mol. The highest BCUT2D eigenvalue weighted by molar-refractivity contribution is 5.97. The SMILES string of the molecule is C=C(C)C(C)=NNc1ccc([N+](=O)[O-])cc1[N+](=O)[O-]. The Morgan fingerprint density at radius 1 is 1.26 bits per heavy atom. The molecule has 0 spiro atoms. The van der Waals surface area contributed by atoms with E-state index < -0.39 is 15.5 Å². The first-order valence-electron chi connectivity index (χ1n) is 5.22. The Balaban J connectivity index is 3.14. The van der Waals surface area contributed by atoms with E-state index in [1.165, 1.54) is 12.1 Å². The van der Waals surface area contributed by atoms with E-state index in [1.807, 2.05) is 0 Å². The third-order valence-corrected chi connectivity index (χ3v) is 2.35. The van der Waals surface area contributed by atoms with E-state index in [-0.39, 0.29) is 11.4 Å². The van der Waals surface area contributed by atoms with Gasteiger partial charge in [0.15, 0.2) is 0 Å². The molecule has 1 aromatic rings. The summed E-state index contributed by atoms with van der Waals surface area (Å²) in [5.41, 5.74) is 3.11. The number of rotatable bonds is 5. The molecule has 0 fully saturated rings. The number of hydrogen-bond acceptors (Lipinski definition) is 6. The monoisotopic (exact) mass is 264 g/mol. The summed E-state index contributed by atoms with van der Waals surface area (Å²) in [7, 11) is 0. The fourth-order valence-corrected chi connectivity index (χ4v) is 1.12. The molecule has 0 amide bonds. The normalized spacial score (nSPS) is 10.9. The van der Waals surface area contributed by atoms with Gasteiger partial charge in [-0.25, -0.2) is 0 Å². The number of nitro benzene ring substituents is 2. The number of hydrazone groups is 1. The van der Waals surface area contributed by atoms with E-state index in [1.54, 1.807) is 13.8 Å². The third kappa shape index (κ3) is 3.60. The van der Waals surface area contributed by atoms with Crippen LogP contribution in [0.15, 0.2) is 35.5 Å². The minimum atomic E-state index is -0.707. The first-order chi connectivity index (χ1) is 8.82. The highest BCUT2D eigenvalue weighted by Crippen LogP contribution is 2.28. The number of benzene rings is 1. The van der Waals surface area contributed by atoms with Crippen LogP contribution in [0.4, 0.5) is 17.1 Å². The van der Waals surface area contributed by atoms with E-state index in [0.29, 0.717) is 11.3 Å². The van der Waals surface area contributed by atoms with E-state index in [9.17, 15) is 20.2 Å². The van der Waals surface area contributed by atoms with Crippen LogP contribution in [0.2, 0.25) is 0 Å². The van der Waals surface area contributed by atoms with E-state index >= 15 is 0 Å². The number of anilines is 1. The quantitative estimate of drug-likeness (QED) is 0.499. The Kier molecular flexibility index (Phi) is 4.30. The molecule has 1 N–H and O–H groups in total. The molecule has 0 bridgehead atoms. The van der Waals surface area contributed by atoms with Crippen LogP contribution >= 0.6 is 0 Å². The third-order valence-electron chi connectivity index (χ3n) is 2.35. The van der Waals surface area contributed by atoms with Crippen molar-refractivity contribution in [3.8, 4) is 0 Å². The number of nitrogens with one attached hydrogen (secondary N) is 1. The maximum absolute atomic E-state index is 10.9. The molecule has 1 aromatic carbocycles. The van der Waals surface area contributed by atoms with Crippen LogP contribution in [-0.2, 0) is 0 Å². The summed E-state index contributed by atoms with van der Waals surface area (Å²) in [6.07, 6.45) is 0. The predicted octanol–water partition coefficient (Wildman–Crippen LogP) is 2.87. The molecule has 0 radical (unpaired) electrons. The second kappa shape index (κ2) is 5.71. The molecule has 0 aliphatic heterocycles. The van der Waals surface area contributed by atoms with Crippen LogP contribution in [0.25, 0.3) is 0 Å². The van der Waals surface area contributed by atoms with Crippen LogP contribution < -0.4 is 5.43 Å². The van der Waals surface area contributed by atoms with Gasteiger partial charge in [-0.1, -0.05) is 6.58 Å². The number of nitro groups is 2. The van der Waals surface area contributed by atoms with Crippen molar-refractivity contribution in [2.24, 2.45) is 5.10 Å². The predicted molar refractivity (Wildman–Crippen MR) is 71.3 cm³/mol. The molecule has 0 unspecified atom stereocenters. The first-order valence-corrected chi connectivity index (χ1v) is 5.22. The van der Waals surface area contributed by atoms with Gasteiger partial charge in [-0.3, -0.25) is 25.7 Å². The van der Waals surface area contributed by atoms with Gasteiger partial charge in [0.05, 0.1) is 21.6 Å². The second-order valence-corrected chi connectivity index (χ2v) is 3.81. The van der Waals surface area contributed by atoms with Gasteiger partial charge < -0.3 is 0 Å². The zero-order chi connectivity index (χ0) is 14.6. The Morgan fingerprint density at radius 3 is 2.37 bits per heavy atom. The molecule has 8 nitrogen and oxygen atoms in total. The molecule has 100 valence electrons. The summed E-state index contributed by atoms with van der Waals surface area (Å²) in [5, 5.41) is 25.3. The fraction of sp³-hybridized carbons (Fsp3) is 0.182. The number of nitrogens with zero attached hydrogens (tertiary/aromatic N) is 3. The van der Waals surface area contributed by atoms with Crippen LogP contribution in [0, 0.1) is 20.2 Å². The maximum Gasteiger partial charge on any atom is 0.301 e. The zero-order valence-corrected chi connectivity index (χ0v) is 10.4. The van der Waals surface area contributed by atoms with E-state index in [2.05, 4.69) is 17.1 Å². The van der Waals surface area contributed by atoms with Crippen molar-refractivity contribution >= 4 is 22.8 Å². The van der Waals surface area contributed by atoms with Gasteiger partial charge in [0.25, 0.3) is 5.69 Å². The van der Waals surface area contributed by atoms with Crippen molar-refractivity contribution in [1.29, 1.82) is 0 Å². The van der Waals surface area contributed by atoms with Gasteiger partial charge in [0.2, 0.25) is 0 Å². The maximum atomic E-state index is 10.9. The Morgan fingerprint density at radius 2 is 1.89 bits per heavy atom. The summed E-state index contributed by atoms with van der Waals surface area (Å²) in [5.74, 6) is 0. The van der Waals surface area contributed by atoms with Crippen molar-refractivity contribution in [2.75, 3.05) is 5.43 Å². The van der Waals surface area contributed by atoms with Gasteiger partial charge in [-0.2, -0.15) is 5.10 Å². The zero-order valence-electron chi connectivity index (χ0n) is 10.4. The molecular formula is C11H12N4O4. The van der Waals surface area contributed by atoms with Crippen molar-refractivity contribution < 1.29 is 9.85 Å². The van der Waals surface area contributed by atoms with Crippen molar-refractivity contribution in [3.63, 3.8) is 0 Å². The van der Waals surface area contributed by atoms with Crippen LogP contribution in [-0.4, -0.2) is 15.6 Å². The highest BCUT2D eigenvalue weighted by Gasteiger charge is 2.19. The molecule has 0 heterocycles. The average Bonchev–Trinajstić information content (AvgIpc) is 2.35. The van der Waals surface area contributed by atoms with Gasteiger partial charge in [0.1, 0.15) is 5.69 Å². The lowest BCUT2D eigenvalue weighted by atomic mass is 10.2. The minimum Gasteiger partial charge on any atom is -0.271 e. The van der Waals surface area contributed by atoms with E-state index in [4.69, 9.17) is 0 Å². The Bertz CT molecular complexity index is 580. The van der Waals surface area contributed by atoms with Crippen molar-refractivity contribution in [1.82, 2.24) is 0 Å². The molecule has 0 atom stereocenters. The van der Waals surface area contributed by atoms with Gasteiger partial charge in [-0.05, 0) is 25.5 Å². The molecular weight excluding hydrogens is 252 g/mol. The topological polar surface area (TPSA) is 111 Å². The van der Waals surface area contributed by atoms with E-state index in [0.717, 1.165) is 6.07 Å².